The van der Waals surface area contributed by atoms with Gasteiger partial charge in [-0.2, -0.15) is 0 Å². The number of rotatable bonds is 11. The SMILES string of the molecule is CCCC/C(CC(=O)NCc1ccc(C)cc1)=C(\CC)NCC(C)(C)O. The van der Waals surface area contributed by atoms with E-state index in [4.69, 9.17) is 0 Å². The summed E-state index contributed by atoms with van der Waals surface area (Å²) in [5.74, 6) is 0.0488. The molecule has 0 heterocycles. The molecular formula is C22H36N2O2. The lowest BCUT2D eigenvalue weighted by Gasteiger charge is -2.22. The molecule has 0 unspecified atom stereocenters. The average molecular weight is 361 g/mol. The number of hydrogen-bond donors (Lipinski definition) is 3. The summed E-state index contributed by atoms with van der Waals surface area (Å²) in [6.45, 7) is 10.9. The van der Waals surface area contributed by atoms with Crippen molar-refractivity contribution < 1.29 is 9.90 Å². The highest BCUT2D eigenvalue weighted by molar-refractivity contribution is 5.78. The Balaban J connectivity index is 2.72. The van der Waals surface area contributed by atoms with Crippen LogP contribution in [0.15, 0.2) is 35.5 Å². The van der Waals surface area contributed by atoms with Crippen LogP contribution in [0.4, 0.5) is 0 Å². The summed E-state index contributed by atoms with van der Waals surface area (Å²) >= 11 is 0. The zero-order valence-electron chi connectivity index (χ0n) is 17.1. The second kappa shape index (κ2) is 11.0. The summed E-state index contributed by atoms with van der Waals surface area (Å²) in [7, 11) is 0. The minimum Gasteiger partial charge on any atom is -0.389 e. The zero-order valence-corrected chi connectivity index (χ0v) is 17.1. The van der Waals surface area contributed by atoms with E-state index in [9.17, 15) is 9.90 Å². The van der Waals surface area contributed by atoms with Crippen LogP contribution in [0, 0.1) is 6.92 Å². The summed E-state index contributed by atoms with van der Waals surface area (Å²) in [6, 6.07) is 8.21. The molecule has 26 heavy (non-hydrogen) atoms. The molecule has 1 aromatic carbocycles. The summed E-state index contributed by atoms with van der Waals surface area (Å²) in [4.78, 5) is 12.5. The van der Waals surface area contributed by atoms with Gasteiger partial charge in [0.1, 0.15) is 0 Å². The maximum atomic E-state index is 12.5. The van der Waals surface area contributed by atoms with Crippen LogP contribution in [0.2, 0.25) is 0 Å². The quantitative estimate of drug-likeness (QED) is 0.554. The summed E-state index contributed by atoms with van der Waals surface area (Å²) in [5, 5.41) is 16.3. The molecule has 4 nitrogen and oxygen atoms in total. The largest absolute Gasteiger partial charge is 0.389 e. The van der Waals surface area contributed by atoms with Gasteiger partial charge in [0.2, 0.25) is 5.91 Å². The lowest BCUT2D eigenvalue weighted by atomic mass is 10.0. The van der Waals surface area contributed by atoms with E-state index in [1.165, 1.54) is 5.56 Å². The number of carbonyl (C=O) groups excluding carboxylic acids is 1. The topological polar surface area (TPSA) is 61.4 Å². The number of hydrogen-bond acceptors (Lipinski definition) is 3. The lowest BCUT2D eigenvalue weighted by Crippen LogP contribution is -2.35. The number of nitrogens with one attached hydrogen (secondary N) is 2. The van der Waals surface area contributed by atoms with Gasteiger partial charge in [-0.05, 0) is 51.2 Å². The van der Waals surface area contributed by atoms with E-state index in [0.29, 0.717) is 19.5 Å². The van der Waals surface area contributed by atoms with Gasteiger partial charge in [0.15, 0.2) is 0 Å². The second-order valence-electron chi connectivity index (χ2n) is 7.64. The Hall–Kier alpha value is -1.81. The number of aryl methyl sites for hydroxylation is 1. The number of benzene rings is 1. The van der Waals surface area contributed by atoms with Gasteiger partial charge in [-0.25, -0.2) is 0 Å². The molecule has 1 amide bonds. The molecule has 4 heteroatoms. The van der Waals surface area contributed by atoms with Crippen LogP contribution in [0.1, 0.15) is 70.9 Å². The van der Waals surface area contributed by atoms with Crippen LogP contribution in [0.25, 0.3) is 0 Å². The highest BCUT2D eigenvalue weighted by Gasteiger charge is 2.15. The molecule has 0 atom stereocenters. The van der Waals surface area contributed by atoms with Gasteiger partial charge in [0, 0.05) is 25.2 Å². The van der Waals surface area contributed by atoms with Gasteiger partial charge < -0.3 is 15.7 Å². The molecule has 0 aliphatic carbocycles. The van der Waals surface area contributed by atoms with Crippen molar-refractivity contribution in [2.45, 2.75) is 78.9 Å². The van der Waals surface area contributed by atoms with Crippen molar-refractivity contribution in [1.82, 2.24) is 10.6 Å². The van der Waals surface area contributed by atoms with Crippen LogP contribution < -0.4 is 10.6 Å². The van der Waals surface area contributed by atoms with E-state index in [1.54, 1.807) is 13.8 Å². The Bertz CT molecular complexity index is 583. The Morgan fingerprint density at radius 3 is 2.31 bits per heavy atom. The van der Waals surface area contributed by atoms with Crippen molar-refractivity contribution in [2.75, 3.05) is 6.54 Å². The van der Waals surface area contributed by atoms with Gasteiger partial charge in [-0.1, -0.05) is 50.1 Å². The molecule has 0 saturated heterocycles. The van der Waals surface area contributed by atoms with Gasteiger partial charge in [-0.15, -0.1) is 0 Å². The van der Waals surface area contributed by atoms with Crippen molar-refractivity contribution >= 4 is 5.91 Å². The molecule has 0 spiro atoms. The van der Waals surface area contributed by atoms with Crippen molar-refractivity contribution in [1.29, 1.82) is 0 Å². The van der Waals surface area contributed by atoms with Crippen LogP contribution in [-0.2, 0) is 11.3 Å². The van der Waals surface area contributed by atoms with Crippen molar-refractivity contribution in [3.05, 3.63) is 46.7 Å². The monoisotopic (exact) mass is 360 g/mol. The third-order valence-electron chi connectivity index (χ3n) is 4.33. The molecule has 0 bridgehead atoms. The summed E-state index contributed by atoms with van der Waals surface area (Å²) < 4.78 is 0. The molecule has 146 valence electrons. The molecule has 0 aliphatic rings. The molecular weight excluding hydrogens is 324 g/mol. The summed E-state index contributed by atoms with van der Waals surface area (Å²) in [6.07, 6.45) is 4.32. The number of amides is 1. The van der Waals surface area contributed by atoms with Crippen molar-refractivity contribution in [3.8, 4) is 0 Å². The summed E-state index contributed by atoms with van der Waals surface area (Å²) in [5.41, 5.74) is 3.80. The van der Waals surface area contributed by atoms with Crippen LogP contribution in [-0.4, -0.2) is 23.2 Å². The Morgan fingerprint density at radius 1 is 1.12 bits per heavy atom. The Labute approximate surface area is 159 Å². The Morgan fingerprint density at radius 2 is 1.77 bits per heavy atom. The number of unbranched alkanes of at least 4 members (excludes halogenated alkanes) is 1. The third-order valence-corrected chi connectivity index (χ3v) is 4.33. The lowest BCUT2D eigenvalue weighted by molar-refractivity contribution is -0.120. The van der Waals surface area contributed by atoms with E-state index in [2.05, 4.69) is 43.5 Å². The highest BCUT2D eigenvalue weighted by Crippen LogP contribution is 2.18. The van der Waals surface area contributed by atoms with E-state index < -0.39 is 5.60 Å². The maximum Gasteiger partial charge on any atom is 0.224 e. The molecule has 0 aromatic heterocycles. The standard InChI is InChI=1S/C22H36N2O2/c1-6-8-9-19(20(7-2)24-16-22(4,5)26)14-21(25)23-15-18-12-10-17(3)11-13-18/h10-13,24,26H,6-9,14-16H2,1-5H3,(H,23,25)/b20-19-. The van der Waals surface area contributed by atoms with Crippen LogP contribution >= 0.6 is 0 Å². The predicted molar refractivity (Wildman–Crippen MR) is 109 cm³/mol. The third kappa shape index (κ3) is 9.04. The Kier molecular flexibility index (Phi) is 9.42. The average Bonchev–Trinajstić information content (AvgIpc) is 2.58. The van der Waals surface area contributed by atoms with E-state index in [0.717, 1.165) is 42.5 Å². The first-order valence-electron chi connectivity index (χ1n) is 9.74. The molecule has 1 aromatic rings. The second-order valence-corrected chi connectivity index (χ2v) is 7.64. The predicted octanol–water partition coefficient (Wildman–Crippen LogP) is 4.22. The van der Waals surface area contributed by atoms with Gasteiger partial charge in [0.05, 0.1) is 5.60 Å². The first kappa shape index (κ1) is 22.2. The molecule has 3 N–H and O–H groups in total. The number of allylic oxidation sites excluding steroid dienone is 1. The van der Waals surface area contributed by atoms with Gasteiger partial charge in [-0.3, -0.25) is 4.79 Å². The van der Waals surface area contributed by atoms with Gasteiger partial charge in [0.25, 0.3) is 0 Å². The minimum absolute atomic E-state index is 0.0488. The molecule has 0 radical (unpaired) electrons. The molecule has 0 saturated carbocycles. The van der Waals surface area contributed by atoms with E-state index in [1.807, 2.05) is 12.1 Å². The van der Waals surface area contributed by atoms with Crippen LogP contribution in [0.5, 0.6) is 0 Å². The fraction of sp³-hybridized carbons (Fsp3) is 0.591. The van der Waals surface area contributed by atoms with Crippen LogP contribution in [0.3, 0.4) is 0 Å². The fourth-order valence-electron chi connectivity index (χ4n) is 2.72. The molecule has 1 rings (SSSR count). The normalized spacial score (nSPS) is 12.5. The fourth-order valence-corrected chi connectivity index (χ4v) is 2.72. The van der Waals surface area contributed by atoms with Crippen molar-refractivity contribution in [2.24, 2.45) is 0 Å². The first-order valence-corrected chi connectivity index (χ1v) is 9.74. The first-order chi connectivity index (χ1) is 12.2. The van der Waals surface area contributed by atoms with Crippen molar-refractivity contribution in [3.63, 3.8) is 0 Å². The molecule has 0 fully saturated rings. The smallest absolute Gasteiger partial charge is 0.224 e. The van der Waals surface area contributed by atoms with Gasteiger partial charge >= 0.3 is 0 Å². The maximum absolute atomic E-state index is 12.5. The highest BCUT2D eigenvalue weighted by atomic mass is 16.3. The van der Waals surface area contributed by atoms with E-state index >= 15 is 0 Å². The number of carbonyl (C=O) groups is 1. The minimum atomic E-state index is -0.774. The zero-order chi connectivity index (χ0) is 19.6. The number of aliphatic hydroxyl groups is 1. The molecule has 0 aliphatic heterocycles. The van der Waals surface area contributed by atoms with E-state index in [-0.39, 0.29) is 5.91 Å².